The van der Waals surface area contributed by atoms with Crippen molar-refractivity contribution in [3.8, 4) is 0 Å². The van der Waals surface area contributed by atoms with Crippen molar-refractivity contribution in [1.29, 1.82) is 0 Å². The first-order valence-electron chi connectivity index (χ1n) is 7.36. The smallest absolute Gasteiger partial charge is 0.232 e. The molecule has 2 amide bonds. The molecule has 0 saturated carbocycles. The molecular formula is C18H16N2O3. The summed E-state index contributed by atoms with van der Waals surface area (Å²) < 4.78 is 0. The van der Waals surface area contributed by atoms with E-state index < -0.39 is 5.92 Å². The monoisotopic (exact) mass is 308 g/mol. The average Bonchev–Trinajstić information content (AvgIpc) is 2.54. The van der Waals surface area contributed by atoms with E-state index in [9.17, 15) is 14.4 Å². The summed E-state index contributed by atoms with van der Waals surface area (Å²) in [6.07, 6.45) is 0.0884. The summed E-state index contributed by atoms with van der Waals surface area (Å²) in [6.45, 7) is 1.45. The van der Waals surface area contributed by atoms with Crippen molar-refractivity contribution in [3.63, 3.8) is 0 Å². The molecule has 0 bridgehead atoms. The number of anilines is 2. The zero-order valence-corrected chi connectivity index (χ0v) is 12.6. The summed E-state index contributed by atoms with van der Waals surface area (Å²) in [5.74, 6) is -1.17. The third-order valence-electron chi connectivity index (χ3n) is 3.88. The number of ketones is 1. The summed E-state index contributed by atoms with van der Waals surface area (Å²) in [5.41, 5.74) is 2.36. The van der Waals surface area contributed by atoms with E-state index in [0.717, 1.165) is 5.56 Å². The van der Waals surface area contributed by atoms with Crippen LogP contribution in [0.1, 0.15) is 35.2 Å². The van der Waals surface area contributed by atoms with Crippen molar-refractivity contribution in [2.75, 3.05) is 10.6 Å². The van der Waals surface area contributed by atoms with Crippen molar-refractivity contribution in [2.24, 2.45) is 0 Å². The van der Waals surface area contributed by atoms with Gasteiger partial charge in [-0.15, -0.1) is 0 Å². The topological polar surface area (TPSA) is 75.3 Å². The molecule has 2 N–H and O–H groups in total. The predicted molar refractivity (Wildman–Crippen MR) is 87.5 cm³/mol. The van der Waals surface area contributed by atoms with Crippen LogP contribution in [0.3, 0.4) is 0 Å². The minimum Gasteiger partial charge on any atom is -0.326 e. The Morgan fingerprint density at radius 2 is 1.78 bits per heavy atom. The molecule has 23 heavy (non-hydrogen) atoms. The number of carbonyl (C=O) groups excluding carboxylic acids is 3. The second-order valence-electron chi connectivity index (χ2n) is 5.48. The van der Waals surface area contributed by atoms with Crippen LogP contribution in [-0.2, 0) is 9.59 Å². The molecule has 1 unspecified atom stereocenters. The Morgan fingerprint density at radius 3 is 2.57 bits per heavy atom. The highest BCUT2D eigenvalue weighted by atomic mass is 16.2. The van der Waals surface area contributed by atoms with E-state index in [4.69, 9.17) is 0 Å². The number of fused-ring (bicyclic) bond motifs is 1. The van der Waals surface area contributed by atoms with Crippen LogP contribution in [0.25, 0.3) is 0 Å². The van der Waals surface area contributed by atoms with Crippen LogP contribution in [0.5, 0.6) is 0 Å². The Kier molecular flexibility index (Phi) is 3.93. The van der Waals surface area contributed by atoms with Crippen LogP contribution in [0.15, 0.2) is 48.5 Å². The number of amides is 2. The minimum absolute atomic E-state index is 0.0884. The number of hydrogen-bond donors (Lipinski definition) is 2. The van der Waals surface area contributed by atoms with Gasteiger partial charge in [0.2, 0.25) is 11.8 Å². The molecule has 0 radical (unpaired) electrons. The summed E-state index contributed by atoms with van der Waals surface area (Å²) >= 11 is 0. The average molecular weight is 308 g/mol. The number of carbonyl (C=O) groups is 3. The van der Waals surface area contributed by atoms with E-state index in [-0.39, 0.29) is 24.0 Å². The third-order valence-corrected chi connectivity index (χ3v) is 3.88. The van der Waals surface area contributed by atoms with Gasteiger partial charge in [0.15, 0.2) is 5.78 Å². The summed E-state index contributed by atoms with van der Waals surface area (Å²) in [6, 6.07) is 14.1. The second-order valence-corrected chi connectivity index (χ2v) is 5.48. The van der Waals surface area contributed by atoms with Gasteiger partial charge in [0.1, 0.15) is 0 Å². The zero-order valence-electron chi connectivity index (χ0n) is 12.6. The molecule has 1 heterocycles. The Labute approximate surface area is 133 Å². The maximum Gasteiger partial charge on any atom is 0.232 e. The first kappa shape index (κ1) is 15.0. The number of nitrogens with one attached hydrogen (secondary N) is 2. The quantitative estimate of drug-likeness (QED) is 0.856. The molecule has 0 spiro atoms. The lowest BCUT2D eigenvalue weighted by molar-refractivity contribution is -0.123. The van der Waals surface area contributed by atoms with Crippen LogP contribution in [-0.4, -0.2) is 17.6 Å². The molecule has 1 aliphatic heterocycles. The molecule has 3 rings (SSSR count). The first-order chi connectivity index (χ1) is 11.1. The zero-order chi connectivity index (χ0) is 16.4. The molecule has 5 heteroatoms. The highest BCUT2D eigenvalue weighted by Gasteiger charge is 2.30. The molecule has 2 aromatic carbocycles. The van der Waals surface area contributed by atoms with Gasteiger partial charge in [0.25, 0.3) is 0 Å². The molecule has 0 aliphatic carbocycles. The second kappa shape index (κ2) is 6.04. The van der Waals surface area contributed by atoms with Gasteiger partial charge in [-0.2, -0.15) is 0 Å². The summed E-state index contributed by atoms with van der Waals surface area (Å²) in [5, 5.41) is 5.55. The SMILES string of the molecule is CC(=O)c1ccccc1NC(=O)C1CC(=O)Nc2ccccc21. The van der Waals surface area contributed by atoms with E-state index in [1.165, 1.54) is 6.92 Å². The van der Waals surface area contributed by atoms with E-state index in [1.54, 1.807) is 30.3 Å². The Morgan fingerprint density at radius 1 is 1.09 bits per heavy atom. The van der Waals surface area contributed by atoms with Crippen molar-refractivity contribution in [1.82, 2.24) is 0 Å². The number of rotatable bonds is 3. The summed E-state index contributed by atoms with van der Waals surface area (Å²) in [4.78, 5) is 36.1. The fourth-order valence-electron chi connectivity index (χ4n) is 2.76. The van der Waals surface area contributed by atoms with Gasteiger partial charge in [-0.3, -0.25) is 14.4 Å². The number of benzene rings is 2. The molecular weight excluding hydrogens is 292 g/mol. The Balaban J connectivity index is 1.90. The van der Waals surface area contributed by atoms with Gasteiger partial charge in [-0.25, -0.2) is 0 Å². The molecule has 2 aromatic rings. The molecule has 1 atom stereocenters. The highest BCUT2D eigenvalue weighted by Crippen LogP contribution is 2.33. The third kappa shape index (κ3) is 2.99. The fraction of sp³-hybridized carbons (Fsp3) is 0.167. The molecule has 1 aliphatic rings. The van der Waals surface area contributed by atoms with Gasteiger partial charge in [-0.1, -0.05) is 30.3 Å². The van der Waals surface area contributed by atoms with Crippen LogP contribution in [0.4, 0.5) is 11.4 Å². The molecule has 0 fully saturated rings. The number of hydrogen-bond acceptors (Lipinski definition) is 3. The van der Waals surface area contributed by atoms with E-state index in [2.05, 4.69) is 10.6 Å². The van der Waals surface area contributed by atoms with E-state index in [0.29, 0.717) is 16.9 Å². The van der Waals surface area contributed by atoms with Crippen molar-refractivity contribution in [2.45, 2.75) is 19.3 Å². The number of Topliss-reactive ketones (excluding diaryl/α,β-unsaturated/α-hetero) is 1. The maximum atomic E-state index is 12.6. The Bertz CT molecular complexity index is 798. The van der Waals surface area contributed by atoms with Gasteiger partial charge in [0.05, 0.1) is 11.6 Å². The van der Waals surface area contributed by atoms with E-state index in [1.807, 2.05) is 18.2 Å². The maximum absolute atomic E-state index is 12.6. The first-order valence-corrected chi connectivity index (χ1v) is 7.36. The van der Waals surface area contributed by atoms with Crippen molar-refractivity contribution < 1.29 is 14.4 Å². The lowest BCUT2D eigenvalue weighted by Gasteiger charge is -2.25. The number of para-hydroxylation sites is 2. The van der Waals surface area contributed by atoms with Crippen LogP contribution in [0, 0.1) is 0 Å². The van der Waals surface area contributed by atoms with Gasteiger partial charge in [-0.05, 0) is 30.7 Å². The highest BCUT2D eigenvalue weighted by molar-refractivity contribution is 6.08. The standard InChI is InChI=1S/C18H16N2O3/c1-11(21)12-6-2-4-8-15(12)20-18(23)14-10-17(22)19-16-9-5-3-7-13(14)16/h2-9,14H,10H2,1H3,(H,19,22)(H,20,23). The summed E-state index contributed by atoms with van der Waals surface area (Å²) in [7, 11) is 0. The lowest BCUT2D eigenvalue weighted by Crippen LogP contribution is -2.31. The van der Waals surface area contributed by atoms with Gasteiger partial charge >= 0.3 is 0 Å². The van der Waals surface area contributed by atoms with Crippen molar-refractivity contribution in [3.05, 3.63) is 59.7 Å². The molecule has 5 nitrogen and oxygen atoms in total. The fourth-order valence-corrected chi connectivity index (χ4v) is 2.76. The van der Waals surface area contributed by atoms with Gasteiger partial charge < -0.3 is 10.6 Å². The van der Waals surface area contributed by atoms with E-state index >= 15 is 0 Å². The van der Waals surface area contributed by atoms with Crippen molar-refractivity contribution >= 4 is 29.0 Å². The molecule has 0 aromatic heterocycles. The van der Waals surface area contributed by atoms with Crippen LogP contribution >= 0.6 is 0 Å². The molecule has 0 saturated heterocycles. The molecule has 116 valence electrons. The predicted octanol–water partition coefficient (Wildman–Crippen LogP) is 2.95. The van der Waals surface area contributed by atoms with Gasteiger partial charge in [0, 0.05) is 17.7 Å². The Hall–Kier alpha value is -2.95. The van der Waals surface area contributed by atoms with Crippen LogP contribution < -0.4 is 10.6 Å². The lowest BCUT2D eigenvalue weighted by atomic mass is 9.89. The largest absolute Gasteiger partial charge is 0.326 e. The minimum atomic E-state index is -0.569. The normalized spacial score (nSPS) is 16.2. The van der Waals surface area contributed by atoms with Crippen LogP contribution in [0.2, 0.25) is 0 Å².